The molecular formula is C16H14N2S3. The van der Waals surface area contributed by atoms with Crippen molar-refractivity contribution in [2.45, 2.75) is 13.1 Å². The van der Waals surface area contributed by atoms with E-state index in [4.69, 9.17) is 17.2 Å². The topological polar surface area (TPSA) is 17.3 Å². The van der Waals surface area contributed by atoms with Gasteiger partial charge >= 0.3 is 0 Å². The van der Waals surface area contributed by atoms with Crippen LogP contribution in [0.5, 0.6) is 0 Å². The van der Waals surface area contributed by atoms with E-state index in [1.807, 2.05) is 24.3 Å². The van der Waals surface area contributed by atoms with Crippen LogP contribution in [0.2, 0.25) is 0 Å². The van der Waals surface area contributed by atoms with Crippen molar-refractivity contribution in [3.63, 3.8) is 0 Å². The smallest absolute Gasteiger partial charge is 0.197 e. The van der Waals surface area contributed by atoms with E-state index in [9.17, 15) is 0 Å². The van der Waals surface area contributed by atoms with E-state index in [0.29, 0.717) is 6.54 Å². The summed E-state index contributed by atoms with van der Waals surface area (Å²) in [5, 5.41) is 0. The SMILES string of the molecule is S=c1ssc(=NCc2ccccc2)n1Cc1ccccc1. The van der Waals surface area contributed by atoms with E-state index < -0.39 is 0 Å². The van der Waals surface area contributed by atoms with E-state index in [1.165, 1.54) is 11.1 Å². The quantitative estimate of drug-likeness (QED) is 0.509. The predicted octanol–water partition coefficient (Wildman–Crippen LogP) is 4.49. The summed E-state index contributed by atoms with van der Waals surface area (Å²) in [6, 6.07) is 20.7. The number of hydrogen-bond donors (Lipinski definition) is 0. The van der Waals surface area contributed by atoms with Gasteiger partial charge in [-0.1, -0.05) is 60.7 Å². The molecule has 0 N–H and O–H groups in total. The highest BCUT2D eigenvalue weighted by atomic mass is 32.9. The molecule has 2 aromatic carbocycles. The first-order chi connectivity index (χ1) is 10.3. The lowest BCUT2D eigenvalue weighted by Gasteiger charge is -2.02. The van der Waals surface area contributed by atoms with Crippen LogP contribution in [0, 0.1) is 3.95 Å². The summed E-state index contributed by atoms with van der Waals surface area (Å²) < 4.78 is 3.00. The zero-order chi connectivity index (χ0) is 14.5. The molecule has 3 aromatic rings. The Morgan fingerprint density at radius 1 is 0.857 bits per heavy atom. The van der Waals surface area contributed by atoms with Crippen molar-refractivity contribution in [1.29, 1.82) is 0 Å². The first-order valence-electron chi connectivity index (χ1n) is 6.61. The van der Waals surface area contributed by atoms with Gasteiger partial charge in [0, 0.05) is 0 Å². The van der Waals surface area contributed by atoms with Crippen molar-refractivity contribution in [2.75, 3.05) is 0 Å². The summed E-state index contributed by atoms with van der Waals surface area (Å²) in [4.78, 5) is 5.72. The molecule has 0 atom stereocenters. The summed E-state index contributed by atoms with van der Waals surface area (Å²) in [5.41, 5.74) is 2.46. The first-order valence-corrected chi connectivity index (χ1v) is 9.17. The summed E-state index contributed by atoms with van der Waals surface area (Å²) >= 11 is 5.43. The van der Waals surface area contributed by atoms with Gasteiger partial charge in [-0.2, -0.15) is 0 Å². The van der Waals surface area contributed by atoms with Crippen molar-refractivity contribution >= 4 is 32.9 Å². The molecule has 21 heavy (non-hydrogen) atoms. The van der Waals surface area contributed by atoms with Gasteiger partial charge < -0.3 is 0 Å². The van der Waals surface area contributed by atoms with Crippen molar-refractivity contribution in [3.8, 4) is 0 Å². The van der Waals surface area contributed by atoms with Gasteiger partial charge in [0.15, 0.2) is 8.76 Å². The van der Waals surface area contributed by atoms with Crippen LogP contribution in [0.4, 0.5) is 0 Å². The fraction of sp³-hybridized carbons (Fsp3) is 0.125. The normalized spacial score (nSPS) is 11.7. The lowest BCUT2D eigenvalue weighted by Crippen LogP contribution is -2.16. The minimum Gasteiger partial charge on any atom is -0.295 e. The molecule has 1 heterocycles. The van der Waals surface area contributed by atoms with Gasteiger partial charge in [0.1, 0.15) is 0 Å². The molecule has 0 aliphatic carbocycles. The van der Waals surface area contributed by atoms with Crippen LogP contribution in [-0.2, 0) is 13.1 Å². The molecule has 0 fully saturated rings. The van der Waals surface area contributed by atoms with Crippen molar-refractivity contribution in [3.05, 3.63) is 80.5 Å². The second-order valence-electron chi connectivity index (χ2n) is 4.59. The van der Waals surface area contributed by atoms with E-state index >= 15 is 0 Å². The van der Waals surface area contributed by atoms with Gasteiger partial charge in [-0.25, -0.2) is 0 Å². The standard InChI is InChI=1S/C16H14N2S3/c19-16-18(12-14-9-5-2-6-10-14)15(20-21-16)17-11-13-7-3-1-4-8-13/h1-10H,11-12H2. The molecule has 0 amide bonds. The summed E-state index contributed by atoms with van der Waals surface area (Å²) in [7, 11) is 3.26. The predicted molar refractivity (Wildman–Crippen MR) is 92.3 cm³/mol. The van der Waals surface area contributed by atoms with Gasteiger partial charge in [-0.05, 0) is 44.0 Å². The van der Waals surface area contributed by atoms with E-state index in [2.05, 4.69) is 41.0 Å². The highest BCUT2D eigenvalue weighted by Gasteiger charge is 2.01. The number of hydrogen-bond acceptors (Lipinski definition) is 4. The van der Waals surface area contributed by atoms with E-state index in [1.54, 1.807) is 20.7 Å². The third-order valence-electron chi connectivity index (χ3n) is 3.06. The molecule has 1 aromatic heterocycles. The van der Waals surface area contributed by atoms with Crippen molar-refractivity contribution < 1.29 is 0 Å². The minimum atomic E-state index is 0.692. The van der Waals surface area contributed by atoms with Crippen LogP contribution in [0.25, 0.3) is 0 Å². The van der Waals surface area contributed by atoms with Crippen LogP contribution >= 0.6 is 32.9 Å². The summed E-state index contributed by atoms with van der Waals surface area (Å²) in [5.74, 6) is 0. The largest absolute Gasteiger partial charge is 0.295 e. The maximum absolute atomic E-state index is 5.43. The van der Waals surface area contributed by atoms with E-state index in [-0.39, 0.29) is 0 Å². The Kier molecular flexibility index (Phi) is 4.75. The van der Waals surface area contributed by atoms with Gasteiger partial charge in [-0.15, -0.1) is 0 Å². The molecule has 106 valence electrons. The fourth-order valence-electron chi connectivity index (χ4n) is 1.99. The molecule has 0 aliphatic rings. The molecule has 0 aliphatic heterocycles. The number of rotatable bonds is 4. The molecule has 5 heteroatoms. The molecule has 0 saturated heterocycles. The Morgan fingerprint density at radius 2 is 1.48 bits per heavy atom. The molecule has 0 radical (unpaired) electrons. The van der Waals surface area contributed by atoms with Crippen LogP contribution in [0.3, 0.4) is 0 Å². The zero-order valence-electron chi connectivity index (χ0n) is 11.3. The average Bonchev–Trinajstić information content (AvgIpc) is 2.88. The summed E-state index contributed by atoms with van der Waals surface area (Å²) in [6.07, 6.45) is 0. The van der Waals surface area contributed by atoms with Crippen molar-refractivity contribution in [2.24, 2.45) is 4.99 Å². The monoisotopic (exact) mass is 330 g/mol. The Morgan fingerprint density at radius 3 is 2.14 bits per heavy atom. The zero-order valence-corrected chi connectivity index (χ0v) is 13.8. The third-order valence-corrected chi connectivity index (χ3v) is 5.96. The first kappa shape index (κ1) is 14.4. The lowest BCUT2D eigenvalue weighted by molar-refractivity contribution is 0.749. The van der Waals surface area contributed by atoms with Gasteiger partial charge in [0.05, 0.1) is 13.1 Å². The number of nitrogens with zero attached hydrogens (tertiary/aromatic N) is 2. The van der Waals surface area contributed by atoms with Crippen molar-refractivity contribution in [1.82, 2.24) is 4.57 Å². The highest BCUT2D eigenvalue weighted by Crippen LogP contribution is 2.09. The Labute approximate surface area is 136 Å². The lowest BCUT2D eigenvalue weighted by atomic mass is 10.2. The molecule has 0 unspecified atom stereocenters. The Hall–Kier alpha value is -1.56. The van der Waals surface area contributed by atoms with E-state index in [0.717, 1.165) is 15.3 Å². The second kappa shape index (κ2) is 6.93. The number of aromatic nitrogens is 1. The Balaban J connectivity index is 1.88. The molecule has 0 spiro atoms. The molecule has 0 bridgehead atoms. The Bertz CT molecular complexity index is 814. The third kappa shape index (κ3) is 3.75. The number of benzene rings is 2. The average molecular weight is 331 g/mol. The maximum Gasteiger partial charge on any atom is 0.197 e. The van der Waals surface area contributed by atoms with Crippen LogP contribution in [0.1, 0.15) is 11.1 Å². The maximum atomic E-state index is 5.43. The second-order valence-corrected chi connectivity index (χ2v) is 7.32. The fourth-order valence-corrected chi connectivity index (χ4v) is 4.45. The molecule has 2 nitrogen and oxygen atoms in total. The molecular weight excluding hydrogens is 316 g/mol. The van der Waals surface area contributed by atoms with Crippen LogP contribution < -0.4 is 4.80 Å². The molecule has 3 rings (SSSR count). The minimum absolute atomic E-state index is 0.692. The van der Waals surface area contributed by atoms with Gasteiger partial charge in [0.2, 0.25) is 0 Å². The van der Waals surface area contributed by atoms with Gasteiger partial charge in [-0.3, -0.25) is 9.56 Å². The van der Waals surface area contributed by atoms with Gasteiger partial charge in [0.25, 0.3) is 0 Å². The van der Waals surface area contributed by atoms with Crippen LogP contribution in [-0.4, -0.2) is 4.57 Å². The molecule has 0 saturated carbocycles. The highest BCUT2D eigenvalue weighted by molar-refractivity contribution is 7.79. The summed E-state index contributed by atoms with van der Waals surface area (Å²) in [6.45, 7) is 1.48. The van der Waals surface area contributed by atoms with Crippen LogP contribution in [0.15, 0.2) is 65.7 Å².